The van der Waals surface area contributed by atoms with Crippen LogP contribution in [0.15, 0.2) is 22.6 Å². The number of nitrogens with one attached hydrogen (secondary N) is 1. The molecule has 0 atom stereocenters. The second kappa shape index (κ2) is 8.47. The minimum absolute atomic E-state index is 0.00220. The summed E-state index contributed by atoms with van der Waals surface area (Å²) in [6.07, 6.45) is 1.05. The number of carbonyl (C=O) groups is 1. The monoisotopic (exact) mass is 358 g/mol. The van der Waals surface area contributed by atoms with Crippen LogP contribution >= 0.6 is 0 Å². The number of hydrogen-bond donors (Lipinski definition) is 2. The molecular weight excluding hydrogens is 341 g/mol. The molecule has 3 rings (SSSR count). The van der Waals surface area contributed by atoms with Crippen molar-refractivity contribution >= 4 is 11.9 Å². The molecule has 25 heavy (non-hydrogen) atoms. The zero-order valence-corrected chi connectivity index (χ0v) is 13.4. The van der Waals surface area contributed by atoms with Gasteiger partial charge < -0.3 is 19.7 Å². The number of aliphatic hydroxyl groups is 1. The van der Waals surface area contributed by atoms with Gasteiger partial charge in [0.25, 0.3) is 0 Å². The van der Waals surface area contributed by atoms with Gasteiger partial charge in [-0.1, -0.05) is 11.2 Å². The molecule has 7 nitrogen and oxygen atoms in total. The molecule has 0 radical (unpaired) electrons. The SMILES string of the molecule is Cc1ccc(-c2nnc(NCC(=O)N3CCC3)o2)cc1F.OC(F)F. The lowest BCUT2D eigenvalue weighted by molar-refractivity contribution is -0.132. The molecular formula is C15H17F3N4O3. The average molecular weight is 358 g/mol. The topological polar surface area (TPSA) is 91.5 Å². The number of hydrogen-bond acceptors (Lipinski definition) is 6. The maximum absolute atomic E-state index is 13.5. The predicted octanol–water partition coefficient (Wildman–Crippen LogP) is 2.03. The minimum Gasteiger partial charge on any atom is -0.403 e. The zero-order chi connectivity index (χ0) is 18.4. The van der Waals surface area contributed by atoms with Crippen LogP contribution in [-0.2, 0) is 4.79 Å². The van der Waals surface area contributed by atoms with Crippen molar-refractivity contribution < 1.29 is 27.5 Å². The lowest BCUT2D eigenvalue weighted by atomic mass is 10.1. The molecule has 1 aliphatic heterocycles. The highest BCUT2D eigenvalue weighted by Gasteiger charge is 2.20. The first-order valence-corrected chi connectivity index (χ1v) is 7.44. The van der Waals surface area contributed by atoms with E-state index in [0.717, 1.165) is 19.5 Å². The fourth-order valence-electron chi connectivity index (χ4n) is 1.97. The number of anilines is 1. The number of alkyl halides is 2. The van der Waals surface area contributed by atoms with E-state index in [1.165, 1.54) is 6.07 Å². The first-order valence-electron chi connectivity index (χ1n) is 7.44. The molecule has 1 aromatic heterocycles. The van der Waals surface area contributed by atoms with E-state index in [0.29, 0.717) is 11.1 Å². The lowest BCUT2D eigenvalue weighted by Gasteiger charge is -2.30. The molecule has 2 heterocycles. The quantitative estimate of drug-likeness (QED) is 0.869. The van der Waals surface area contributed by atoms with Crippen LogP contribution in [0.4, 0.5) is 19.2 Å². The van der Waals surface area contributed by atoms with Crippen LogP contribution in [0.5, 0.6) is 0 Å². The number of aliphatic hydroxyl groups excluding tert-OH is 1. The molecule has 1 aromatic carbocycles. The zero-order valence-electron chi connectivity index (χ0n) is 13.4. The van der Waals surface area contributed by atoms with E-state index in [4.69, 9.17) is 9.52 Å². The van der Waals surface area contributed by atoms with E-state index >= 15 is 0 Å². The van der Waals surface area contributed by atoms with E-state index in [9.17, 15) is 18.0 Å². The third kappa shape index (κ3) is 5.45. The normalized spacial score (nSPS) is 13.1. The number of aryl methyl sites for hydroxylation is 1. The van der Waals surface area contributed by atoms with Gasteiger partial charge in [0.1, 0.15) is 5.82 Å². The number of rotatable bonds is 4. The van der Waals surface area contributed by atoms with Crippen LogP contribution in [0.3, 0.4) is 0 Å². The van der Waals surface area contributed by atoms with Crippen LogP contribution in [-0.4, -0.2) is 52.4 Å². The summed E-state index contributed by atoms with van der Waals surface area (Å²) in [4.78, 5) is 13.4. The summed E-state index contributed by atoms with van der Waals surface area (Å²) < 4.78 is 38.7. The van der Waals surface area contributed by atoms with Crippen molar-refractivity contribution in [3.05, 3.63) is 29.6 Å². The summed E-state index contributed by atoms with van der Waals surface area (Å²) in [5, 5.41) is 17.1. The van der Waals surface area contributed by atoms with Crippen LogP contribution in [0.1, 0.15) is 12.0 Å². The Morgan fingerprint density at radius 3 is 2.64 bits per heavy atom. The Morgan fingerprint density at radius 1 is 1.40 bits per heavy atom. The molecule has 2 aromatic rings. The van der Waals surface area contributed by atoms with Gasteiger partial charge in [-0.05, 0) is 31.0 Å². The van der Waals surface area contributed by atoms with Gasteiger partial charge in [-0.25, -0.2) is 4.39 Å². The van der Waals surface area contributed by atoms with Crippen LogP contribution < -0.4 is 5.32 Å². The molecule has 0 unspecified atom stereocenters. The van der Waals surface area contributed by atoms with Gasteiger partial charge >= 0.3 is 12.6 Å². The number of amides is 1. The Morgan fingerprint density at radius 2 is 2.08 bits per heavy atom. The number of halogens is 3. The molecule has 0 aliphatic carbocycles. The fourth-order valence-corrected chi connectivity index (χ4v) is 1.97. The lowest BCUT2D eigenvalue weighted by Crippen LogP contribution is -2.44. The summed E-state index contributed by atoms with van der Waals surface area (Å²) in [6.45, 7) is 0.238. The molecule has 0 bridgehead atoms. The van der Waals surface area contributed by atoms with Crippen molar-refractivity contribution in [2.45, 2.75) is 20.0 Å². The smallest absolute Gasteiger partial charge is 0.342 e. The molecule has 1 saturated heterocycles. The second-order valence-corrected chi connectivity index (χ2v) is 5.24. The maximum Gasteiger partial charge on any atom is 0.342 e. The summed E-state index contributed by atoms with van der Waals surface area (Å²) in [5.41, 5.74) is 1.06. The van der Waals surface area contributed by atoms with Gasteiger partial charge in [0, 0.05) is 18.7 Å². The highest BCUT2D eigenvalue weighted by Crippen LogP contribution is 2.22. The van der Waals surface area contributed by atoms with Gasteiger partial charge in [-0.15, -0.1) is 5.10 Å². The van der Waals surface area contributed by atoms with Crippen molar-refractivity contribution in [1.82, 2.24) is 15.1 Å². The van der Waals surface area contributed by atoms with Crippen molar-refractivity contribution in [3.63, 3.8) is 0 Å². The van der Waals surface area contributed by atoms with Gasteiger partial charge in [0.05, 0.1) is 6.54 Å². The maximum atomic E-state index is 13.5. The Balaban J connectivity index is 0.000000511. The number of carbonyl (C=O) groups excluding carboxylic acids is 1. The molecule has 1 aliphatic rings. The summed E-state index contributed by atoms with van der Waals surface area (Å²) >= 11 is 0. The Hall–Kier alpha value is -2.62. The molecule has 1 amide bonds. The van der Waals surface area contributed by atoms with Gasteiger partial charge in [-0.3, -0.25) is 4.79 Å². The predicted molar refractivity (Wildman–Crippen MR) is 82.3 cm³/mol. The van der Waals surface area contributed by atoms with E-state index < -0.39 is 6.61 Å². The molecule has 10 heteroatoms. The van der Waals surface area contributed by atoms with Gasteiger partial charge in [0.15, 0.2) is 0 Å². The summed E-state index contributed by atoms with van der Waals surface area (Å²) in [7, 11) is 0. The summed E-state index contributed by atoms with van der Waals surface area (Å²) in [6, 6.07) is 4.86. The Kier molecular flexibility index (Phi) is 6.34. The molecule has 2 N–H and O–H groups in total. The molecule has 1 fully saturated rings. The standard InChI is InChI=1S/C14H15FN4O2.CH2F2O/c1-9-3-4-10(7-11(9)15)13-17-18-14(21-13)16-8-12(20)19-5-2-6-19;2-1(3)4/h3-4,7H,2,5-6,8H2,1H3,(H,16,18);1,4H. The molecule has 136 valence electrons. The van der Waals surface area contributed by atoms with Crippen LogP contribution in [0, 0.1) is 12.7 Å². The van der Waals surface area contributed by atoms with Gasteiger partial charge in [-0.2, -0.15) is 8.78 Å². The van der Waals surface area contributed by atoms with Crippen molar-refractivity contribution in [1.29, 1.82) is 0 Å². The Bertz CT molecular complexity index is 717. The highest BCUT2D eigenvalue weighted by molar-refractivity contribution is 5.80. The second-order valence-electron chi connectivity index (χ2n) is 5.24. The van der Waals surface area contributed by atoms with E-state index in [-0.39, 0.29) is 30.2 Å². The number of nitrogens with zero attached hydrogens (tertiary/aromatic N) is 3. The van der Waals surface area contributed by atoms with Crippen molar-refractivity contribution in [2.24, 2.45) is 0 Å². The number of benzene rings is 1. The molecule has 0 saturated carbocycles. The molecule has 0 spiro atoms. The largest absolute Gasteiger partial charge is 0.403 e. The number of likely N-dealkylation sites (tertiary alicyclic amines) is 1. The third-order valence-corrected chi connectivity index (χ3v) is 3.44. The minimum atomic E-state index is -3.17. The first kappa shape index (κ1) is 18.7. The third-order valence-electron chi connectivity index (χ3n) is 3.44. The van der Waals surface area contributed by atoms with E-state index in [1.807, 2.05) is 0 Å². The fraction of sp³-hybridized carbons (Fsp3) is 0.400. The summed E-state index contributed by atoms with van der Waals surface area (Å²) in [5.74, 6) is -0.108. The Labute approximate surface area is 141 Å². The van der Waals surface area contributed by atoms with E-state index in [1.54, 1.807) is 24.0 Å². The highest BCUT2D eigenvalue weighted by atomic mass is 19.3. The van der Waals surface area contributed by atoms with Crippen molar-refractivity contribution in [2.75, 3.05) is 25.0 Å². The average Bonchev–Trinajstić information content (AvgIpc) is 2.94. The van der Waals surface area contributed by atoms with Crippen LogP contribution in [0.25, 0.3) is 11.5 Å². The van der Waals surface area contributed by atoms with Gasteiger partial charge in [0.2, 0.25) is 11.8 Å². The van der Waals surface area contributed by atoms with Crippen molar-refractivity contribution in [3.8, 4) is 11.5 Å². The first-order chi connectivity index (χ1) is 11.9. The van der Waals surface area contributed by atoms with Crippen LogP contribution in [0.2, 0.25) is 0 Å². The number of aromatic nitrogens is 2. The van der Waals surface area contributed by atoms with E-state index in [2.05, 4.69) is 15.5 Å².